The average Bonchev–Trinajstić information content (AvgIpc) is 2.38. The number of nitrogens with one attached hydrogen (secondary N) is 1. The van der Waals surface area contributed by atoms with Crippen LogP contribution < -0.4 is 5.48 Å². The molecular formula is C13H18N2O3. The van der Waals surface area contributed by atoms with Crippen molar-refractivity contribution in [2.45, 2.75) is 26.2 Å². The molecule has 0 heterocycles. The Morgan fingerprint density at radius 1 is 1.44 bits per heavy atom. The van der Waals surface area contributed by atoms with E-state index in [1.807, 2.05) is 36.7 Å². The molecule has 0 aliphatic heterocycles. The molecule has 1 aromatic rings. The van der Waals surface area contributed by atoms with E-state index in [9.17, 15) is 4.79 Å². The third-order valence-corrected chi connectivity index (χ3v) is 2.32. The molecule has 98 valence electrons. The van der Waals surface area contributed by atoms with Gasteiger partial charge < -0.3 is 4.74 Å². The molecule has 0 bridgehead atoms. The number of ether oxygens (including phenoxy) is 1. The van der Waals surface area contributed by atoms with Gasteiger partial charge in [0.1, 0.15) is 6.34 Å². The zero-order valence-corrected chi connectivity index (χ0v) is 10.4. The molecule has 0 atom stereocenters. The van der Waals surface area contributed by atoms with Crippen LogP contribution in [-0.2, 0) is 16.0 Å². The van der Waals surface area contributed by atoms with Gasteiger partial charge in [-0.3, -0.25) is 15.5 Å². The van der Waals surface area contributed by atoms with Crippen LogP contribution in [0.2, 0.25) is 0 Å². The minimum atomic E-state index is -0.146. The number of hydrogen-bond acceptors (Lipinski definition) is 4. The highest BCUT2D eigenvalue weighted by Gasteiger charge is 2.00. The number of carbonyl (C=O) groups is 1. The lowest BCUT2D eigenvalue weighted by Crippen LogP contribution is -2.06. The lowest BCUT2D eigenvalue weighted by atomic mass is 10.1. The van der Waals surface area contributed by atoms with E-state index in [4.69, 9.17) is 9.94 Å². The van der Waals surface area contributed by atoms with Crippen LogP contribution in [0.3, 0.4) is 0 Å². The van der Waals surface area contributed by atoms with Crippen molar-refractivity contribution in [3.63, 3.8) is 0 Å². The van der Waals surface area contributed by atoms with Crippen LogP contribution >= 0.6 is 0 Å². The zero-order chi connectivity index (χ0) is 13.2. The first kappa shape index (κ1) is 14.2. The number of aliphatic imine (C=N–C) groups is 1. The van der Waals surface area contributed by atoms with Crippen molar-refractivity contribution >= 4 is 18.0 Å². The number of rotatable bonds is 7. The number of benzene rings is 1. The van der Waals surface area contributed by atoms with Crippen molar-refractivity contribution in [2.24, 2.45) is 4.99 Å². The summed E-state index contributed by atoms with van der Waals surface area (Å²) in [5, 5.41) is 8.35. The predicted molar refractivity (Wildman–Crippen MR) is 69.1 cm³/mol. The van der Waals surface area contributed by atoms with Gasteiger partial charge in [0.05, 0.1) is 12.3 Å². The summed E-state index contributed by atoms with van der Waals surface area (Å²) in [7, 11) is 0. The molecule has 0 saturated carbocycles. The fourth-order valence-corrected chi connectivity index (χ4v) is 1.41. The molecule has 0 aliphatic carbocycles. The fourth-order valence-electron chi connectivity index (χ4n) is 1.41. The summed E-state index contributed by atoms with van der Waals surface area (Å²) in [6, 6.07) is 7.49. The second kappa shape index (κ2) is 8.25. The van der Waals surface area contributed by atoms with E-state index in [1.54, 1.807) is 0 Å². The molecule has 0 unspecified atom stereocenters. The SMILES string of the molecule is CCCC(=O)OCCc1ccc(N=CNO)cc1. The van der Waals surface area contributed by atoms with Gasteiger partial charge >= 0.3 is 5.97 Å². The van der Waals surface area contributed by atoms with Gasteiger partial charge in [0.15, 0.2) is 0 Å². The van der Waals surface area contributed by atoms with E-state index < -0.39 is 0 Å². The molecule has 18 heavy (non-hydrogen) atoms. The molecule has 1 aromatic carbocycles. The van der Waals surface area contributed by atoms with Crippen LogP contribution in [0.5, 0.6) is 0 Å². The lowest BCUT2D eigenvalue weighted by Gasteiger charge is -2.04. The summed E-state index contributed by atoms with van der Waals surface area (Å²) in [5.41, 5.74) is 3.66. The van der Waals surface area contributed by atoms with Crippen LogP contribution in [0.1, 0.15) is 25.3 Å². The summed E-state index contributed by atoms with van der Waals surface area (Å²) >= 11 is 0. The number of esters is 1. The van der Waals surface area contributed by atoms with Gasteiger partial charge in [0, 0.05) is 12.8 Å². The number of hydroxylamine groups is 1. The Balaban J connectivity index is 2.35. The number of hydrogen-bond donors (Lipinski definition) is 2. The lowest BCUT2D eigenvalue weighted by molar-refractivity contribution is -0.143. The van der Waals surface area contributed by atoms with E-state index in [-0.39, 0.29) is 5.97 Å². The topological polar surface area (TPSA) is 70.9 Å². The average molecular weight is 250 g/mol. The molecule has 0 aliphatic rings. The van der Waals surface area contributed by atoms with Crippen molar-refractivity contribution in [1.82, 2.24) is 5.48 Å². The second-order valence-corrected chi connectivity index (χ2v) is 3.77. The summed E-state index contributed by atoms with van der Waals surface area (Å²) < 4.78 is 5.07. The van der Waals surface area contributed by atoms with Crippen LogP contribution in [0.15, 0.2) is 29.3 Å². The molecule has 2 N–H and O–H groups in total. The first-order chi connectivity index (χ1) is 8.76. The molecule has 0 fully saturated rings. The van der Waals surface area contributed by atoms with Crippen molar-refractivity contribution in [2.75, 3.05) is 6.61 Å². The molecular weight excluding hydrogens is 232 g/mol. The number of carbonyl (C=O) groups excluding carboxylic acids is 1. The maximum absolute atomic E-state index is 11.1. The standard InChI is InChI=1S/C13H18N2O3/c1-2-3-13(16)18-9-8-11-4-6-12(7-5-11)14-10-15-17/h4-7,10,17H,2-3,8-9H2,1H3,(H,14,15). The summed E-state index contributed by atoms with van der Waals surface area (Å²) in [6.07, 6.45) is 3.17. The van der Waals surface area contributed by atoms with Gasteiger partial charge in [0.2, 0.25) is 0 Å². The predicted octanol–water partition coefficient (Wildman–Crippen LogP) is 2.21. The minimum absolute atomic E-state index is 0.146. The van der Waals surface area contributed by atoms with Crippen LogP contribution in [0.4, 0.5) is 5.69 Å². The van der Waals surface area contributed by atoms with Crippen LogP contribution in [0, 0.1) is 0 Å². The van der Waals surface area contributed by atoms with E-state index in [0.29, 0.717) is 19.4 Å². The Morgan fingerprint density at radius 2 is 2.17 bits per heavy atom. The Hall–Kier alpha value is -1.88. The summed E-state index contributed by atoms with van der Waals surface area (Å²) in [4.78, 5) is 15.1. The molecule has 0 saturated heterocycles. The largest absolute Gasteiger partial charge is 0.465 e. The van der Waals surface area contributed by atoms with Crippen molar-refractivity contribution < 1.29 is 14.7 Å². The van der Waals surface area contributed by atoms with Gasteiger partial charge in [-0.25, -0.2) is 4.99 Å². The third-order valence-electron chi connectivity index (χ3n) is 2.32. The van der Waals surface area contributed by atoms with Crippen molar-refractivity contribution in [3.05, 3.63) is 29.8 Å². The monoisotopic (exact) mass is 250 g/mol. The normalized spacial score (nSPS) is 10.6. The van der Waals surface area contributed by atoms with Gasteiger partial charge in [-0.2, -0.15) is 0 Å². The highest BCUT2D eigenvalue weighted by atomic mass is 16.5. The Morgan fingerprint density at radius 3 is 2.78 bits per heavy atom. The molecule has 0 radical (unpaired) electrons. The first-order valence-corrected chi connectivity index (χ1v) is 5.93. The quantitative estimate of drug-likeness (QED) is 0.337. The van der Waals surface area contributed by atoms with E-state index in [1.165, 1.54) is 6.34 Å². The van der Waals surface area contributed by atoms with Crippen molar-refractivity contribution in [1.29, 1.82) is 0 Å². The van der Waals surface area contributed by atoms with Gasteiger partial charge in [-0.15, -0.1) is 0 Å². The molecule has 1 rings (SSSR count). The Bertz CT molecular complexity index is 388. The maximum atomic E-state index is 11.1. The van der Waals surface area contributed by atoms with Crippen molar-refractivity contribution in [3.8, 4) is 0 Å². The molecule has 0 spiro atoms. The highest BCUT2D eigenvalue weighted by Crippen LogP contribution is 2.12. The first-order valence-electron chi connectivity index (χ1n) is 5.93. The number of nitrogens with zero attached hydrogens (tertiary/aromatic N) is 1. The Kier molecular flexibility index (Phi) is 6.50. The highest BCUT2D eigenvalue weighted by molar-refractivity contribution is 5.69. The molecule has 0 amide bonds. The third kappa shape index (κ3) is 5.45. The molecule has 0 aromatic heterocycles. The van der Waals surface area contributed by atoms with Crippen LogP contribution in [-0.4, -0.2) is 24.1 Å². The summed E-state index contributed by atoms with van der Waals surface area (Å²) in [6.45, 7) is 2.35. The van der Waals surface area contributed by atoms with Gasteiger partial charge in [-0.1, -0.05) is 19.1 Å². The van der Waals surface area contributed by atoms with E-state index >= 15 is 0 Å². The van der Waals surface area contributed by atoms with Gasteiger partial charge in [0.25, 0.3) is 0 Å². The Labute approximate surface area is 106 Å². The summed E-state index contributed by atoms with van der Waals surface area (Å²) in [5.74, 6) is -0.146. The minimum Gasteiger partial charge on any atom is -0.465 e. The van der Waals surface area contributed by atoms with E-state index in [2.05, 4.69) is 4.99 Å². The van der Waals surface area contributed by atoms with Crippen LogP contribution in [0.25, 0.3) is 0 Å². The molecule has 5 heteroatoms. The smallest absolute Gasteiger partial charge is 0.305 e. The second-order valence-electron chi connectivity index (χ2n) is 3.77. The van der Waals surface area contributed by atoms with E-state index in [0.717, 1.165) is 17.7 Å². The maximum Gasteiger partial charge on any atom is 0.305 e. The zero-order valence-electron chi connectivity index (χ0n) is 10.4. The fraction of sp³-hybridized carbons (Fsp3) is 0.385. The molecule has 5 nitrogen and oxygen atoms in total. The van der Waals surface area contributed by atoms with Gasteiger partial charge in [-0.05, 0) is 24.1 Å².